The Morgan fingerprint density at radius 2 is 1.94 bits per heavy atom. The molecule has 0 saturated carbocycles. The molecular formula is C14H22N2. The summed E-state index contributed by atoms with van der Waals surface area (Å²) in [5.41, 5.74) is 2.99. The van der Waals surface area contributed by atoms with E-state index in [-0.39, 0.29) is 0 Å². The monoisotopic (exact) mass is 218 g/mol. The van der Waals surface area contributed by atoms with Crippen LogP contribution in [0, 0.1) is 0 Å². The molecule has 1 saturated heterocycles. The average molecular weight is 218 g/mol. The Morgan fingerprint density at radius 3 is 2.56 bits per heavy atom. The van der Waals surface area contributed by atoms with Crippen LogP contribution in [0.3, 0.4) is 0 Å². The molecule has 0 atom stereocenters. The van der Waals surface area contributed by atoms with E-state index in [0.717, 1.165) is 13.2 Å². The minimum absolute atomic E-state index is 0.622. The van der Waals surface area contributed by atoms with Crippen molar-refractivity contribution in [3.8, 4) is 0 Å². The highest BCUT2D eigenvalue weighted by atomic mass is 15.4. The number of nitrogens with zero attached hydrogens (tertiary/aromatic N) is 2. The second-order valence-corrected chi connectivity index (χ2v) is 5.13. The van der Waals surface area contributed by atoms with E-state index in [1.807, 2.05) is 0 Å². The fraction of sp³-hybridized carbons (Fsp3) is 0.571. The maximum atomic E-state index is 2.52. The van der Waals surface area contributed by atoms with Gasteiger partial charge in [-0.05, 0) is 24.1 Å². The van der Waals surface area contributed by atoms with Gasteiger partial charge in [-0.2, -0.15) is 0 Å². The molecule has 1 aromatic carbocycles. The van der Waals surface area contributed by atoms with E-state index in [0.29, 0.717) is 5.92 Å². The third kappa shape index (κ3) is 2.63. The predicted molar refractivity (Wildman–Crippen MR) is 68.4 cm³/mol. The first-order valence-corrected chi connectivity index (χ1v) is 6.15. The quantitative estimate of drug-likeness (QED) is 0.769. The second kappa shape index (κ2) is 4.98. The molecule has 1 aromatic rings. The average Bonchev–Trinajstić information content (AvgIpc) is 2.64. The van der Waals surface area contributed by atoms with Crippen LogP contribution in [-0.2, 0) is 6.54 Å². The molecule has 0 spiro atoms. The lowest BCUT2D eigenvalue weighted by Crippen LogP contribution is -2.23. The molecule has 0 N–H and O–H groups in total. The van der Waals surface area contributed by atoms with Crippen molar-refractivity contribution in [2.45, 2.75) is 26.3 Å². The summed E-state index contributed by atoms with van der Waals surface area (Å²) in [5.74, 6) is 0.622. The van der Waals surface area contributed by atoms with Gasteiger partial charge in [0, 0.05) is 19.6 Å². The normalized spacial score (nSPS) is 18.5. The fourth-order valence-electron chi connectivity index (χ4n) is 2.41. The van der Waals surface area contributed by atoms with Gasteiger partial charge in [0.15, 0.2) is 0 Å². The van der Waals surface area contributed by atoms with Gasteiger partial charge in [-0.1, -0.05) is 38.1 Å². The molecule has 0 aliphatic carbocycles. The van der Waals surface area contributed by atoms with E-state index in [2.05, 4.69) is 55.0 Å². The Labute approximate surface area is 98.9 Å². The molecule has 2 heteroatoms. The Kier molecular flexibility index (Phi) is 3.62. The van der Waals surface area contributed by atoms with Crippen molar-refractivity contribution in [2.24, 2.45) is 0 Å². The summed E-state index contributed by atoms with van der Waals surface area (Å²) in [5, 5.41) is 0. The predicted octanol–water partition coefficient (Wildman–Crippen LogP) is 2.51. The Bertz CT molecular complexity index is 346. The number of rotatable bonds is 3. The zero-order chi connectivity index (χ0) is 11.5. The Morgan fingerprint density at radius 1 is 1.19 bits per heavy atom. The number of hydrogen-bond donors (Lipinski definition) is 0. The van der Waals surface area contributed by atoms with E-state index in [4.69, 9.17) is 0 Å². The summed E-state index contributed by atoms with van der Waals surface area (Å²) in [6.45, 7) is 9.14. The minimum Gasteiger partial charge on any atom is -0.292 e. The third-order valence-corrected chi connectivity index (χ3v) is 3.31. The van der Waals surface area contributed by atoms with Crippen molar-refractivity contribution in [3.05, 3.63) is 35.4 Å². The van der Waals surface area contributed by atoms with E-state index >= 15 is 0 Å². The van der Waals surface area contributed by atoms with Crippen molar-refractivity contribution in [2.75, 3.05) is 26.8 Å². The maximum Gasteiger partial charge on any atom is 0.0507 e. The lowest BCUT2D eigenvalue weighted by molar-refractivity contribution is 0.267. The first-order chi connectivity index (χ1) is 7.66. The van der Waals surface area contributed by atoms with Crippen LogP contribution in [0.2, 0.25) is 0 Å². The number of likely N-dealkylation sites (N-methyl/N-ethyl adjacent to an activating group) is 1. The van der Waals surface area contributed by atoms with Crippen LogP contribution in [0.1, 0.15) is 30.9 Å². The van der Waals surface area contributed by atoms with Crippen LogP contribution in [0.5, 0.6) is 0 Å². The number of benzene rings is 1. The topological polar surface area (TPSA) is 6.48 Å². The maximum absolute atomic E-state index is 2.52. The van der Waals surface area contributed by atoms with Crippen LogP contribution in [-0.4, -0.2) is 36.6 Å². The molecule has 1 aliphatic heterocycles. The minimum atomic E-state index is 0.622. The van der Waals surface area contributed by atoms with Crippen molar-refractivity contribution >= 4 is 0 Å². The summed E-state index contributed by atoms with van der Waals surface area (Å²) >= 11 is 0. The second-order valence-electron chi connectivity index (χ2n) is 5.13. The molecule has 1 aliphatic rings. The molecule has 0 bridgehead atoms. The largest absolute Gasteiger partial charge is 0.292 e. The summed E-state index contributed by atoms with van der Waals surface area (Å²) in [6, 6.07) is 8.84. The van der Waals surface area contributed by atoms with E-state index in [9.17, 15) is 0 Å². The summed E-state index contributed by atoms with van der Waals surface area (Å²) in [4.78, 5) is 4.89. The lowest BCUT2D eigenvalue weighted by atomic mass is 9.97. The van der Waals surface area contributed by atoms with Gasteiger partial charge in [-0.3, -0.25) is 9.80 Å². The molecule has 0 unspecified atom stereocenters. The van der Waals surface area contributed by atoms with Gasteiger partial charge >= 0.3 is 0 Å². The lowest BCUT2D eigenvalue weighted by Gasteiger charge is -2.19. The van der Waals surface area contributed by atoms with Crippen LogP contribution < -0.4 is 0 Å². The SMILES string of the molecule is CC(C)c1ccccc1CN1CCN(C)C1. The first-order valence-electron chi connectivity index (χ1n) is 6.15. The Hall–Kier alpha value is -0.860. The highest BCUT2D eigenvalue weighted by Crippen LogP contribution is 2.21. The highest BCUT2D eigenvalue weighted by molar-refractivity contribution is 5.29. The molecule has 1 heterocycles. The van der Waals surface area contributed by atoms with Crippen LogP contribution in [0.4, 0.5) is 0 Å². The van der Waals surface area contributed by atoms with Gasteiger partial charge in [0.25, 0.3) is 0 Å². The molecule has 88 valence electrons. The zero-order valence-electron chi connectivity index (χ0n) is 10.6. The molecule has 0 amide bonds. The summed E-state index contributed by atoms with van der Waals surface area (Å²) in [7, 11) is 2.19. The molecular weight excluding hydrogens is 196 g/mol. The van der Waals surface area contributed by atoms with Gasteiger partial charge in [0.1, 0.15) is 0 Å². The van der Waals surface area contributed by atoms with Gasteiger partial charge < -0.3 is 0 Å². The fourth-order valence-corrected chi connectivity index (χ4v) is 2.41. The molecule has 16 heavy (non-hydrogen) atoms. The summed E-state index contributed by atoms with van der Waals surface area (Å²) in [6.07, 6.45) is 0. The number of hydrogen-bond acceptors (Lipinski definition) is 2. The molecule has 0 aromatic heterocycles. The Balaban J connectivity index is 2.09. The van der Waals surface area contributed by atoms with E-state index in [1.165, 1.54) is 24.2 Å². The van der Waals surface area contributed by atoms with Crippen molar-refractivity contribution in [3.63, 3.8) is 0 Å². The van der Waals surface area contributed by atoms with Crippen LogP contribution >= 0.6 is 0 Å². The van der Waals surface area contributed by atoms with Gasteiger partial charge in [0.05, 0.1) is 6.67 Å². The van der Waals surface area contributed by atoms with Crippen molar-refractivity contribution in [1.29, 1.82) is 0 Å². The van der Waals surface area contributed by atoms with Crippen molar-refractivity contribution < 1.29 is 0 Å². The van der Waals surface area contributed by atoms with Crippen molar-refractivity contribution in [1.82, 2.24) is 9.80 Å². The molecule has 0 radical (unpaired) electrons. The smallest absolute Gasteiger partial charge is 0.0507 e. The first kappa shape index (κ1) is 11.6. The highest BCUT2D eigenvalue weighted by Gasteiger charge is 2.17. The summed E-state index contributed by atoms with van der Waals surface area (Å²) < 4.78 is 0. The standard InChI is InChI=1S/C14H22N2/c1-12(2)14-7-5-4-6-13(14)10-16-9-8-15(3)11-16/h4-7,12H,8-11H2,1-3H3. The van der Waals surface area contributed by atoms with E-state index in [1.54, 1.807) is 0 Å². The van der Waals surface area contributed by atoms with Crippen LogP contribution in [0.15, 0.2) is 24.3 Å². The van der Waals surface area contributed by atoms with Gasteiger partial charge in [-0.15, -0.1) is 0 Å². The third-order valence-electron chi connectivity index (χ3n) is 3.31. The van der Waals surface area contributed by atoms with Crippen LogP contribution in [0.25, 0.3) is 0 Å². The zero-order valence-corrected chi connectivity index (χ0v) is 10.6. The van der Waals surface area contributed by atoms with Gasteiger partial charge in [0.2, 0.25) is 0 Å². The van der Waals surface area contributed by atoms with Gasteiger partial charge in [-0.25, -0.2) is 0 Å². The molecule has 1 fully saturated rings. The molecule has 2 nitrogen and oxygen atoms in total. The molecule has 2 rings (SSSR count). The van der Waals surface area contributed by atoms with E-state index < -0.39 is 0 Å².